The average molecular weight is 416 g/mol. The first-order valence-electron chi connectivity index (χ1n) is 10.6. The van der Waals surface area contributed by atoms with Gasteiger partial charge in [0.15, 0.2) is 0 Å². The van der Waals surface area contributed by atoms with E-state index in [1.165, 1.54) is 11.6 Å². The van der Waals surface area contributed by atoms with Gasteiger partial charge in [-0.2, -0.15) is 0 Å². The highest BCUT2D eigenvalue weighted by Gasteiger charge is 2.35. The molecule has 0 aliphatic carbocycles. The maximum absolute atomic E-state index is 14.6. The van der Waals surface area contributed by atoms with Crippen LogP contribution < -0.4 is 14.8 Å². The number of methoxy groups -OCH3 is 1. The molecule has 3 aromatic rings. The number of benzene rings is 3. The van der Waals surface area contributed by atoms with E-state index < -0.39 is 0 Å². The van der Waals surface area contributed by atoms with Gasteiger partial charge in [0, 0.05) is 23.2 Å². The van der Waals surface area contributed by atoms with Gasteiger partial charge in [0.2, 0.25) is 0 Å². The minimum atomic E-state index is -0.312. The first kappa shape index (κ1) is 19.7. The molecule has 31 heavy (non-hydrogen) atoms. The minimum Gasteiger partial charge on any atom is -0.496 e. The normalized spacial score (nSPS) is 18.0. The van der Waals surface area contributed by atoms with Crippen molar-refractivity contribution in [2.45, 2.75) is 38.8 Å². The second-order valence-electron chi connectivity index (χ2n) is 8.86. The van der Waals surface area contributed by atoms with Crippen LogP contribution in [0.4, 0.5) is 10.1 Å². The molecular weight excluding hydrogens is 389 g/mol. The van der Waals surface area contributed by atoms with E-state index in [2.05, 4.69) is 44.3 Å². The molecule has 0 radical (unpaired) electrons. The summed E-state index contributed by atoms with van der Waals surface area (Å²) < 4.78 is 26.8. The first-order chi connectivity index (χ1) is 14.9. The van der Waals surface area contributed by atoms with E-state index >= 15 is 0 Å². The third-order valence-electron chi connectivity index (χ3n) is 6.11. The number of anilines is 1. The molecule has 3 aromatic carbocycles. The van der Waals surface area contributed by atoms with Gasteiger partial charge in [-0.3, -0.25) is 0 Å². The number of fused-ring (bicyclic) bond motifs is 5. The highest BCUT2D eigenvalue weighted by molar-refractivity contribution is 5.91. The molecule has 1 N–H and O–H groups in total. The Bertz CT molecular complexity index is 1210. The van der Waals surface area contributed by atoms with Crippen LogP contribution in [0, 0.1) is 5.82 Å². The van der Waals surface area contributed by atoms with E-state index in [-0.39, 0.29) is 17.5 Å². The second kappa shape index (κ2) is 7.16. The predicted molar refractivity (Wildman–Crippen MR) is 123 cm³/mol. The van der Waals surface area contributed by atoms with Crippen molar-refractivity contribution in [1.29, 1.82) is 0 Å². The second-order valence-corrected chi connectivity index (χ2v) is 8.86. The Morgan fingerprint density at radius 3 is 2.61 bits per heavy atom. The van der Waals surface area contributed by atoms with Gasteiger partial charge in [0.1, 0.15) is 23.4 Å². The van der Waals surface area contributed by atoms with Crippen LogP contribution in [-0.2, 0) is 6.42 Å². The smallest absolute Gasteiger partial charge is 0.131 e. The SMILES string of the molecule is COc1cccc2c1-c1ccc3c(c1C(Cc1ccccc1F)O2)C(C)=CC(C)(C)N3. The van der Waals surface area contributed by atoms with Crippen molar-refractivity contribution < 1.29 is 13.9 Å². The van der Waals surface area contributed by atoms with Gasteiger partial charge in [-0.05, 0) is 61.7 Å². The van der Waals surface area contributed by atoms with Crippen molar-refractivity contribution in [1.82, 2.24) is 0 Å². The monoisotopic (exact) mass is 415 g/mol. The van der Waals surface area contributed by atoms with Crippen LogP contribution in [-0.4, -0.2) is 12.6 Å². The molecule has 0 bridgehead atoms. The van der Waals surface area contributed by atoms with Crippen LogP contribution in [0.1, 0.15) is 43.6 Å². The first-order valence-corrected chi connectivity index (χ1v) is 10.6. The standard InChI is InChI=1S/C27H26FNO2/c1-16-15-27(2,3)29-20-13-12-18-25-21(30-4)10-7-11-22(25)31-23(26(18)24(16)20)14-17-8-5-6-9-19(17)28/h5-13,15,23,29H,14H2,1-4H3. The fourth-order valence-corrected chi connectivity index (χ4v) is 4.96. The van der Waals surface area contributed by atoms with Crippen LogP contribution in [0.15, 0.2) is 60.7 Å². The fraction of sp³-hybridized carbons (Fsp3) is 0.259. The molecular formula is C27H26FNO2. The molecule has 0 spiro atoms. The quantitative estimate of drug-likeness (QED) is 0.511. The molecule has 0 saturated carbocycles. The maximum atomic E-state index is 14.6. The highest BCUT2D eigenvalue weighted by atomic mass is 19.1. The van der Waals surface area contributed by atoms with Crippen LogP contribution in [0.2, 0.25) is 0 Å². The summed E-state index contributed by atoms with van der Waals surface area (Å²) in [6.07, 6.45) is 2.38. The average Bonchev–Trinajstić information content (AvgIpc) is 2.73. The molecule has 1 atom stereocenters. The van der Waals surface area contributed by atoms with Crippen LogP contribution in [0.25, 0.3) is 16.7 Å². The lowest BCUT2D eigenvalue weighted by Crippen LogP contribution is -2.32. The topological polar surface area (TPSA) is 30.5 Å². The van der Waals surface area contributed by atoms with Gasteiger partial charge < -0.3 is 14.8 Å². The molecule has 0 amide bonds. The summed E-state index contributed by atoms with van der Waals surface area (Å²) in [5.74, 6) is 1.33. The number of halogens is 1. The van der Waals surface area contributed by atoms with E-state index in [1.54, 1.807) is 13.2 Å². The van der Waals surface area contributed by atoms with E-state index in [1.807, 2.05) is 30.3 Å². The number of nitrogens with one attached hydrogen (secondary N) is 1. The molecule has 2 aliphatic heterocycles. The zero-order chi connectivity index (χ0) is 21.8. The van der Waals surface area contributed by atoms with Crippen molar-refractivity contribution in [3.63, 3.8) is 0 Å². The predicted octanol–water partition coefficient (Wildman–Crippen LogP) is 6.78. The van der Waals surface area contributed by atoms with Crippen molar-refractivity contribution in [3.8, 4) is 22.6 Å². The van der Waals surface area contributed by atoms with Crippen LogP contribution in [0.5, 0.6) is 11.5 Å². The van der Waals surface area contributed by atoms with Gasteiger partial charge >= 0.3 is 0 Å². The molecule has 1 unspecified atom stereocenters. The minimum absolute atomic E-state index is 0.141. The Morgan fingerprint density at radius 2 is 1.84 bits per heavy atom. The lowest BCUT2D eigenvalue weighted by Gasteiger charge is -2.37. The number of rotatable bonds is 3. The molecule has 0 fully saturated rings. The lowest BCUT2D eigenvalue weighted by molar-refractivity contribution is 0.200. The Morgan fingerprint density at radius 1 is 1.03 bits per heavy atom. The van der Waals surface area contributed by atoms with Crippen molar-refractivity contribution >= 4 is 11.3 Å². The Labute approximate surface area is 182 Å². The van der Waals surface area contributed by atoms with Crippen molar-refractivity contribution in [3.05, 3.63) is 83.2 Å². The summed E-state index contributed by atoms with van der Waals surface area (Å²) in [4.78, 5) is 0. The summed E-state index contributed by atoms with van der Waals surface area (Å²) in [7, 11) is 1.67. The Balaban J connectivity index is 1.75. The van der Waals surface area contributed by atoms with Gasteiger partial charge in [-0.25, -0.2) is 4.39 Å². The summed E-state index contributed by atoms with van der Waals surface area (Å²) in [5, 5.41) is 3.63. The highest BCUT2D eigenvalue weighted by Crippen LogP contribution is 2.52. The fourth-order valence-electron chi connectivity index (χ4n) is 4.96. The van der Waals surface area contributed by atoms with Gasteiger partial charge in [0.05, 0.1) is 18.2 Å². The van der Waals surface area contributed by atoms with E-state index in [0.717, 1.165) is 39.4 Å². The third kappa shape index (κ3) is 3.27. The molecule has 0 aromatic heterocycles. The lowest BCUT2D eigenvalue weighted by atomic mass is 9.80. The zero-order valence-electron chi connectivity index (χ0n) is 18.3. The maximum Gasteiger partial charge on any atom is 0.131 e. The van der Waals surface area contributed by atoms with E-state index in [4.69, 9.17) is 9.47 Å². The number of allylic oxidation sites excluding steroid dienone is 1. The largest absolute Gasteiger partial charge is 0.496 e. The zero-order valence-corrected chi connectivity index (χ0v) is 18.3. The third-order valence-corrected chi connectivity index (χ3v) is 6.11. The van der Waals surface area contributed by atoms with Crippen molar-refractivity contribution in [2.75, 3.05) is 12.4 Å². The molecule has 2 aliphatic rings. The Hall–Kier alpha value is -3.27. The van der Waals surface area contributed by atoms with Crippen molar-refractivity contribution in [2.24, 2.45) is 0 Å². The molecule has 4 heteroatoms. The van der Waals surface area contributed by atoms with E-state index in [9.17, 15) is 4.39 Å². The Kier molecular flexibility index (Phi) is 4.54. The number of ether oxygens (including phenoxy) is 2. The summed E-state index contributed by atoms with van der Waals surface area (Å²) in [5.41, 5.74) is 7.01. The van der Waals surface area contributed by atoms with Crippen LogP contribution in [0.3, 0.4) is 0 Å². The molecule has 0 saturated heterocycles. The van der Waals surface area contributed by atoms with E-state index in [0.29, 0.717) is 12.0 Å². The summed E-state index contributed by atoms with van der Waals surface area (Å²) in [6, 6.07) is 17.0. The molecule has 2 heterocycles. The van der Waals surface area contributed by atoms with Gasteiger partial charge in [0.25, 0.3) is 0 Å². The molecule has 158 valence electrons. The summed E-state index contributed by atoms with van der Waals surface area (Å²) >= 11 is 0. The van der Waals surface area contributed by atoms with Gasteiger partial charge in [-0.15, -0.1) is 0 Å². The number of hydrogen-bond donors (Lipinski definition) is 1. The number of hydrogen-bond acceptors (Lipinski definition) is 3. The summed E-state index contributed by atoms with van der Waals surface area (Å²) in [6.45, 7) is 6.45. The van der Waals surface area contributed by atoms with Crippen LogP contribution >= 0.6 is 0 Å². The van der Waals surface area contributed by atoms with Gasteiger partial charge in [-0.1, -0.05) is 36.4 Å². The molecule has 3 nitrogen and oxygen atoms in total. The molecule has 5 rings (SSSR count).